The predicted molar refractivity (Wildman–Crippen MR) is 117 cm³/mol. The van der Waals surface area contributed by atoms with Crippen LogP contribution in [0.25, 0.3) is 10.2 Å². The zero-order valence-corrected chi connectivity index (χ0v) is 17.8. The Morgan fingerprint density at radius 1 is 1.21 bits per heavy atom. The highest BCUT2D eigenvalue weighted by atomic mass is 35.5. The first-order chi connectivity index (χ1) is 13.6. The van der Waals surface area contributed by atoms with Gasteiger partial charge in [0.05, 0.1) is 23.4 Å². The highest BCUT2D eigenvalue weighted by molar-refractivity contribution is 7.22. The van der Waals surface area contributed by atoms with Crippen molar-refractivity contribution < 1.29 is 13.9 Å². The highest BCUT2D eigenvalue weighted by Gasteiger charge is 2.23. The van der Waals surface area contributed by atoms with Crippen molar-refractivity contribution >= 4 is 45.0 Å². The molecular weight excluding hydrogens is 413 g/mol. The lowest BCUT2D eigenvalue weighted by molar-refractivity contribution is 0.0391. The summed E-state index contributed by atoms with van der Waals surface area (Å²) >= 11 is 1.51. The van der Waals surface area contributed by atoms with Gasteiger partial charge in [0.1, 0.15) is 5.82 Å². The van der Waals surface area contributed by atoms with Gasteiger partial charge >= 0.3 is 0 Å². The molecule has 2 aromatic carbocycles. The largest absolute Gasteiger partial charge is 0.379 e. The van der Waals surface area contributed by atoms with Gasteiger partial charge in [0.25, 0.3) is 5.91 Å². The second-order valence-corrected chi connectivity index (χ2v) is 7.84. The molecule has 4 rings (SSSR count). The fourth-order valence-electron chi connectivity index (χ4n) is 3.29. The first-order valence-electron chi connectivity index (χ1n) is 9.35. The molecule has 1 fully saturated rings. The molecule has 1 saturated heterocycles. The Morgan fingerprint density at radius 2 is 1.93 bits per heavy atom. The van der Waals surface area contributed by atoms with E-state index in [1.54, 1.807) is 4.90 Å². The summed E-state index contributed by atoms with van der Waals surface area (Å²) in [7, 11) is 0. The van der Waals surface area contributed by atoms with Gasteiger partial charge in [-0.15, -0.1) is 12.4 Å². The van der Waals surface area contributed by atoms with E-state index in [1.807, 2.05) is 25.1 Å². The van der Waals surface area contributed by atoms with Crippen LogP contribution in [0.4, 0.5) is 9.52 Å². The van der Waals surface area contributed by atoms with Crippen molar-refractivity contribution in [1.82, 2.24) is 9.88 Å². The molecule has 154 valence electrons. The number of nitrogens with zero attached hydrogens (tertiary/aromatic N) is 3. The minimum atomic E-state index is -0.355. The van der Waals surface area contributed by atoms with Crippen LogP contribution in [-0.2, 0) is 4.74 Å². The number of para-hydroxylation sites is 1. The summed E-state index contributed by atoms with van der Waals surface area (Å²) in [5.41, 5.74) is 2.47. The zero-order valence-electron chi connectivity index (χ0n) is 16.1. The van der Waals surface area contributed by atoms with Gasteiger partial charge in [0, 0.05) is 31.7 Å². The number of hydrogen-bond donors (Lipinski definition) is 0. The van der Waals surface area contributed by atoms with Gasteiger partial charge in [-0.1, -0.05) is 23.5 Å². The van der Waals surface area contributed by atoms with Crippen LogP contribution in [0.3, 0.4) is 0 Å². The van der Waals surface area contributed by atoms with E-state index < -0.39 is 0 Å². The van der Waals surface area contributed by atoms with Gasteiger partial charge in [0.15, 0.2) is 5.13 Å². The Balaban J connectivity index is 0.00000240. The van der Waals surface area contributed by atoms with Crippen molar-refractivity contribution in [2.75, 3.05) is 44.3 Å². The molecule has 0 unspecified atom stereocenters. The third-order valence-electron chi connectivity index (χ3n) is 4.92. The van der Waals surface area contributed by atoms with Gasteiger partial charge < -0.3 is 4.74 Å². The molecule has 8 heteroatoms. The molecule has 1 aliphatic heterocycles. The summed E-state index contributed by atoms with van der Waals surface area (Å²) < 4.78 is 19.8. The van der Waals surface area contributed by atoms with E-state index in [4.69, 9.17) is 9.72 Å². The minimum Gasteiger partial charge on any atom is -0.379 e. The number of benzene rings is 2. The van der Waals surface area contributed by atoms with Gasteiger partial charge in [-0.25, -0.2) is 9.37 Å². The zero-order chi connectivity index (χ0) is 19.5. The van der Waals surface area contributed by atoms with Gasteiger partial charge in [0.2, 0.25) is 0 Å². The summed E-state index contributed by atoms with van der Waals surface area (Å²) in [5, 5.41) is 0.673. The number of aromatic nitrogens is 1. The third-order valence-corrected chi connectivity index (χ3v) is 5.96. The van der Waals surface area contributed by atoms with Crippen LogP contribution in [0.5, 0.6) is 0 Å². The summed E-state index contributed by atoms with van der Waals surface area (Å²) in [6.45, 7) is 6.43. The summed E-state index contributed by atoms with van der Waals surface area (Å²) in [6.07, 6.45) is 0. The maximum Gasteiger partial charge on any atom is 0.260 e. The van der Waals surface area contributed by atoms with Crippen LogP contribution >= 0.6 is 23.7 Å². The van der Waals surface area contributed by atoms with E-state index in [0.29, 0.717) is 30.5 Å². The standard InChI is InChI=1S/C21H22FN3O2S.ClH/c1-15-3-2-4-18-19(15)23-21(28-18)25(10-9-24-11-13-27-14-12-24)20(26)16-5-7-17(22)8-6-16;/h2-8H,9-14H2,1H3;1H. The van der Waals surface area contributed by atoms with Crippen molar-refractivity contribution in [3.63, 3.8) is 0 Å². The molecule has 2 heterocycles. The molecule has 0 spiro atoms. The quantitative estimate of drug-likeness (QED) is 0.604. The third kappa shape index (κ3) is 4.93. The van der Waals surface area contributed by atoms with Gasteiger partial charge in [-0.2, -0.15) is 0 Å². The molecule has 3 aromatic rings. The molecule has 1 amide bonds. The van der Waals surface area contributed by atoms with E-state index in [9.17, 15) is 9.18 Å². The van der Waals surface area contributed by atoms with E-state index in [2.05, 4.69) is 4.90 Å². The smallest absolute Gasteiger partial charge is 0.260 e. The Hall–Kier alpha value is -2.06. The van der Waals surface area contributed by atoms with Crippen molar-refractivity contribution in [3.8, 4) is 0 Å². The van der Waals surface area contributed by atoms with Gasteiger partial charge in [-0.3, -0.25) is 14.6 Å². The average Bonchev–Trinajstić information content (AvgIpc) is 3.15. The van der Waals surface area contributed by atoms with Crippen LogP contribution in [-0.4, -0.2) is 55.2 Å². The number of carbonyl (C=O) groups excluding carboxylic acids is 1. The van der Waals surface area contributed by atoms with E-state index >= 15 is 0 Å². The van der Waals surface area contributed by atoms with Gasteiger partial charge in [-0.05, 0) is 42.8 Å². The Morgan fingerprint density at radius 3 is 2.62 bits per heavy atom. The molecule has 0 radical (unpaired) electrons. The number of aryl methyl sites for hydroxylation is 1. The number of halogens is 2. The molecule has 29 heavy (non-hydrogen) atoms. The number of thiazole rings is 1. The molecule has 1 aliphatic rings. The monoisotopic (exact) mass is 435 g/mol. The van der Waals surface area contributed by atoms with Crippen molar-refractivity contribution in [1.29, 1.82) is 0 Å². The van der Waals surface area contributed by atoms with Crippen molar-refractivity contribution in [3.05, 3.63) is 59.4 Å². The fraction of sp³-hybridized carbons (Fsp3) is 0.333. The second kappa shape index (κ2) is 9.63. The number of carbonyl (C=O) groups is 1. The highest BCUT2D eigenvalue weighted by Crippen LogP contribution is 2.31. The molecule has 0 bridgehead atoms. The first-order valence-corrected chi connectivity index (χ1v) is 10.2. The van der Waals surface area contributed by atoms with Crippen LogP contribution in [0.2, 0.25) is 0 Å². The molecule has 0 N–H and O–H groups in total. The van der Waals surface area contributed by atoms with Crippen LogP contribution in [0, 0.1) is 12.7 Å². The summed E-state index contributed by atoms with van der Waals surface area (Å²) in [4.78, 5) is 22.0. The Kier molecular flexibility index (Phi) is 7.18. The first kappa shape index (κ1) is 21.6. The van der Waals surface area contributed by atoms with E-state index in [-0.39, 0.29) is 24.1 Å². The molecule has 0 aliphatic carbocycles. The van der Waals surface area contributed by atoms with E-state index in [1.165, 1.54) is 35.6 Å². The molecule has 5 nitrogen and oxygen atoms in total. The van der Waals surface area contributed by atoms with Crippen molar-refractivity contribution in [2.45, 2.75) is 6.92 Å². The van der Waals surface area contributed by atoms with Crippen LogP contribution in [0.1, 0.15) is 15.9 Å². The summed E-state index contributed by atoms with van der Waals surface area (Å²) in [5.74, 6) is -0.517. The number of fused-ring (bicyclic) bond motifs is 1. The number of ether oxygens (including phenoxy) is 1. The topological polar surface area (TPSA) is 45.7 Å². The van der Waals surface area contributed by atoms with Crippen LogP contribution < -0.4 is 4.90 Å². The second-order valence-electron chi connectivity index (χ2n) is 6.84. The predicted octanol–water partition coefficient (Wildman–Crippen LogP) is 4.14. The number of morpholine rings is 1. The Bertz CT molecular complexity index is 974. The lowest BCUT2D eigenvalue weighted by Crippen LogP contribution is -2.43. The minimum absolute atomic E-state index is 0. The fourth-order valence-corrected chi connectivity index (χ4v) is 4.36. The van der Waals surface area contributed by atoms with E-state index in [0.717, 1.165) is 35.4 Å². The molecule has 0 saturated carbocycles. The number of amides is 1. The van der Waals surface area contributed by atoms with Crippen LogP contribution in [0.15, 0.2) is 42.5 Å². The SMILES string of the molecule is Cc1cccc2sc(N(CCN3CCOCC3)C(=O)c3ccc(F)cc3)nc12.Cl. The molecular formula is C21H23ClFN3O2S. The molecule has 0 atom stereocenters. The van der Waals surface area contributed by atoms with Crippen molar-refractivity contribution in [2.24, 2.45) is 0 Å². The number of anilines is 1. The Labute approximate surface area is 179 Å². The maximum atomic E-state index is 13.3. The molecule has 1 aromatic heterocycles. The number of hydrogen-bond acceptors (Lipinski definition) is 5. The average molecular weight is 436 g/mol. The number of rotatable bonds is 5. The summed E-state index contributed by atoms with van der Waals surface area (Å²) in [6, 6.07) is 11.7. The lowest BCUT2D eigenvalue weighted by atomic mass is 10.2. The maximum absolute atomic E-state index is 13.3. The lowest BCUT2D eigenvalue weighted by Gasteiger charge is -2.29. The normalized spacial score (nSPS) is 14.6.